The van der Waals surface area contributed by atoms with Crippen LogP contribution in [0.5, 0.6) is 0 Å². The molecule has 1 aliphatic rings. The van der Waals surface area contributed by atoms with Gasteiger partial charge in [-0.1, -0.05) is 25.1 Å². The van der Waals surface area contributed by atoms with Crippen molar-refractivity contribution in [3.05, 3.63) is 29.8 Å². The number of benzene rings is 1. The zero-order valence-corrected chi connectivity index (χ0v) is 12.5. The molecule has 0 fully saturated rings. The molecule has 0 saturated heterocycles. The lowest BCUT2D eigenvalue weighted by Gasteiger charge is -2.23. The molecule has 1 aliphatic heterocycles. The summed E-state index contributed by atoms with van der Waals surface area (Å²) in [5.74, 6) is 0.800. The molecule has 0 spiro atoms. The second kappa shape index (κ2) is 7.44. The molecule has 3 nitrogen and oxygen atoms in total. The number of hydrogen-bond donors (Lipinski definition) is 1. The van der Waals surface area contributed by atoms with Crippen molar-refractivity contribution in [2.24, 2.45) is 11.7 Å². The zero-order valence-electron chi connectivity index (χ0n) is 12.5. The topological polar surface area (TPSA) is 46.3 Å². The van der Waals surface area contributed by atoms with Gasteiger partial charge in [-0.3, -0.25) is 4.79 Å². The van der Waals surface area contributed by atoms with E-state index in [4.69, 9.17) is 5.73 Å². The van der Waals surface area contributed by atoms with Crippen molar-refractivity contribution >= 4 is 11.6 Å². The van der Waals surface area contributed by atoms with Gasteiger partial charge in [-0.05, 0) is 56.2 Å². The maximum atomic E-state index is 12.5. The van der Waals surface area contributed by atoms with Crippen LogP contribution in [0.2, 0.25) is 0 Å². The van der Waals surface area contributed by atoms with Gasteiger partial charge in [-0.25, -0.2) is 0 Å². The molecule has 3 heteroatoms. The Bertz CT molecular complexity index is 444. The number of aryl methyl sites for hydroxylation is 1. The van der Waals surface area contributed by atoms with Crippen molar-refractivity contribution in [2.45, 2.75) is 45.4 Å². The van der Waals surface area contributed by atoms with E-state index in [-0.39, 0.29) is 5.91 Å². The van der Waals surface area contributed by atoms with E-state index in [9.17, 15) is 4.79 Å². The summed E-state index contributed by atoms with van der Waals surface area (Å²) < 4.78 is 0. The van der Waals surface area contributed by atoms with Crippen LogP contribution < -0.4 is 10.6 Å². The Hall–Kier alpha value is -1.35. The van der Waals surface area contributed by atoms with Crippen LogP contribution in [0, 0.1) is 5.92 Å². The predicted octanol–water partition coefficient (Wildman–Crippen LogP) is 3.12. The molecule has 0 saturated carbocycles. The van der Waals surface area contributed by atoms with Crippen molar-refractivity contribution in [3.63, 3.8) is 0 Å². The highest BCUT2D eigenvalue weighted by atomic mass is 16.2. The second-order valence-electron chi connectivity index (χ2n) is 5.85. The monoisotopic (exact) mass is 274 g/mol. The van der Waals surface area contributed by atoms with Gasteiger partial charge in [-0.15, -0.1) is 0 Å². The van der Waals surface area contributed by atoms with Crippen LogP contribution in [-0.4, -0.2) is 19.0 Å². The first-order valence-electron chi connectivity index (χ1n) is 7.80. The molecule has 1 aromatic carbocycles. The van der Waals surface area contributed by atoms with Gasteiger partial charge < -0.3 is 10.6 Å². The number of fused-ring (bicyclic) bond motifs is 1. The molecule has 2 rings (SSSR count). The normalized spacial score (nSPS) is 16.4. The van der Waals surface area contributed by atoms with E-state index < -0.39 is 0 Å². The summed E-state index contributed by atoms with van der Waals surface area (Å²) in [4.78, 5) is 14.5. The molecular weight excluding hydrogens is 248 g/mol. The summed E-state index contributed by atoms with van der Waals surface area (Å²) in [5, 5.41) is 0. The number of hydrogen-bond acceptors (Lipinski definition) is 2. The Kier molecular flexibility index (Phi) is 5.60. The van der Waals surface area contributed by atoms with E-state index in [1.807, 2.05) is 11.0 Å². The molecule has 1 amide bonds. The van der Waals surface area contributed by atoms with Crippen molar-refractivity contribution in [3.8, 4) is 0 Å². The average Bonchev–Trinajstić information content (AvgIpc) is 2.67. The van der Waals surface area contributed by atoms with E-state index in [1.54, 1.807) is 0 Å². The van der Waals surface area contributed by atoms with E-state index in [1.165, 1.54) is 12.0 Å². The molecule has 1 unspecified atom stereocenters. The van der Waals surface area contributed by atoms with E-state index >= 15 is 0 Å². The number of anilines is 1. The highest BCUT2D eigenvalue weighted by Gasteiger charge is 2.20. The summed E-state index contributed by atoms with van der Waals surface area (Å²) >= 11 is 0. The first kappa shape index (κ1) is 15.0. The Balaban J connectivity index is 2.02. The maximum absolute atomic E-state index is 12.5. The van der Waals surface area contributed by atoms with Crippen LogP contribution in [0.4, 0.5) is 5.69 Å². The minimum atomic E-state index is 0.267. The van der Waals surface area contributed by atoms with Gasteiger partial charge in [0.2, 0.25) is 5.91 Å². The molecule has 20 heavy (non-hydrogen) atoms. The number of nitrogens with zero attached hydrogens (tertiary/aromatic N) is 1. The van der Waals surface area contributed by atoms with Gasteiger partial charge in [0, 0.05) is 18.7 Å². The minimum absolute atomic E-state index is 0.267. The molecule has 0 bridgehead atoms. The number of rotatable bonds is 5. The Morgan fingerprint density at radius 2 is 2.10 bits per heavy atom. The standard InChI is InChI=1S/C17H26N2O/c1-14(11-12-18)9-10-17(20)19-13-5-4-7-15-6-2-3-8-16(15)19/h2-3,6,8,14H,4-5,7,9-13,18H2,1H3. The van der Waals surface area contributed by atoms with Crippen molar-refractivity contribution in [2.75, 3.05) is 18.0 Å². The number of carbonyl (C=O) groups is 1. The molecule has 1 aromatic rings. The number of para-hydroxylation sites is 1. The molecule has 0 aromatic heterocycles. The Morgan fingerprint density at radius 1 is 1.30 bits per heavy atom. The van der Waals surface area contributed by atoms with Gasteiger partial charge in [0.1, 0.15) is 0 Å². The van der Waals surface area contributed by atoms with Gasteiger partial charge in [0.15, 0.2) is 0 Å². The highest BCUT2D eigenvalue weighted by molar-refractivity contribution is 5.94. The van der Waals surface area contributed by atoms with Crippen LogP contribution in [-0.2, 0) is 11.2 Å². The molecule has 2 N–H and O–H groups in total. The quantitative estimate of drug-likeness (QED) is 0.896. The van der Waals surface area contributed by atoms with E-state index in [0.717, 1.165) is 37.9 Å². The lowest BCUT2D eigenvalue weighted by molar-refractivity contribution is -0.118. The van der Waals surface area contributed by atoms with Gasteiger partial charge in [-0.2, -0.15) is 0 Å². The molecular formula is C17H26N2O. The average molecular weight is 274 g/mol. The number of nitrogens with two attached hydrogens (primary N) is 1. The molecule has 0 radical (unpaired) electrons. The predicted molar refractivity (Wildman–Crippen MR) is 83.8 cm³/mol. The lowest BCUT2D eigenvalue weighted by Crippen LogP contribution is -2.31. The fourth-order valence-corrected chi connectivity index (χ4v) is 2.88. The summed E-state index contributed by atoms with van der Waals surface area (Å²) in [5.41, 5.74) is 8.01. The number of amides is 1. The third kappa shape index (κ3) is 3.83. The summed E-state index contributed by atoms with van der Waals surface area (Å²) in [6, 6.07) is 8.33. The summed E-state index contributed by atoms with van der Waals surface area (Å²) in [6.45, 7) is 3.75. The minimum Gasteiger partial charge on any atom is -0.330 e. The van der Waals surface area contributed by atoms with Gasteiger partial charge in [0.05, 0.1) is 0 Å². The first-order valence-corrected chi connectivity index (χ1v) is 7.80. The fourth-order valence-electron chi connectivity index (χ4n) is 2.88. The third-order valence-electron chi connectivity index (χ3n) is 4.17. The Labute approximate surface area is 122 Å². The third-order valence-corrected chi connectivity index (χ3v) is 4.17. The van der Waals surface area contributed by atoms with E-state index in [0.29, 0.717) is 18.9 Å². The van der Waals surface area contributed by atoms with Crippen LogP contribution in [0.15, 0.2) is 24.3 Å². The van der Waals surface area contributed by atoms with Crippen LogP contribution in [0.25, 0.3) is 0 Å². The number of carbonyl (C=O) groups excluding carboxylic acids is 1. The largest absolute Gasteiger partial charge is 0.330 e. The zero-order chi connectivity index (χ0) is 14.4. The lowest BCUT2D eigenvalue weighted by atomic mass is 10.0. The summed E-state index contributed by atoms with van der Waals surface area (Å²) in [7, 11) is 0. The summed E-state index contributed by atoms with van der Waals surface area (Å²) in [6.07, 6.45) is 5.93. The molecule has 1 atom stereocenters. The van der Waals surface area contributed by atoms with Crippen LogP contribution in [0.3, 0.4) is 0 Å². The molecule has 0 aliphatic carbocycles. The Morgan fingerprint density at radius 3 is 2.90 bits per heavy atom. The van der Waals surface area contributed by atoms with Crippen molar-refractivity contribution < 1.29 is 4.79 Å². The van der Waals surface area contributed by atoms with E-state index in [2.05, 4.69) is 25.1 Å². The highest BCUT2D eigenvalue weighted by Crippen LogP contribution is 2.27. The van der Waals surface area contributed by atoms with Crippen LogP contribution >= 0.6 is 0 Å². The SMILES string of the molecule is CC(CCN)CCC(=O)N1CCCCc2ccccc21. The van der Waals surface area contributed by atoms with Gasteiger partial charge in [0.25, 0.3) is 0 Å². The second-order valence-corrected chi connectivity index (χ2v) is 5.85. The van der Waals surface area contributed by atoms with Crippen LogP contribution in [0.1, 0.15) is 44.6 Å². The van der Waals surface area contributed by atoms with Crippen molar-refractivity contribution in [1.82, 2.24) is 0 Å². The molecule has 110 valence electrons. The van der Waals surface area contributed by atoms with Crippen molar-refractivity contribution in [1.29, 1.82) is 0 Å². The van der Waals surface area contributed by atoms with Gasteiger partial charge >= 0.3 is 0 Å². The fraction of sp³-hybridized carbons (Fsp3) is 0.588. The first-order chi connectivity index (χ1) is 9.72. The maximum Gasteiger partial charge on any atom is 0.226 e. The molecule has 1 heterocycles. The smallest absolute Gasteiger partial charge is 0.226 e.